The number of likely N-dealkylation sites (N-methyl/N-ethyl adjacent to an activating group) is 1. The van der Waals surface area contributed by atoms with E-state index in [4.69, 9.17) is 4.42 Å². The van der Waals surface area contributed by atoms with E-state index in [1.807, 2.05) is 35.7 Å². The number of carbonyl (C=O) groups is 2. The highest BCUT2D eigenvalue weighted by atomic mass is 32.1. The quantitative estimate of drug-likeness (QED) is 0.542. The maximum absolute atomic E-state index is 13.4. The van der Waals surface area contributed by atoms with Crippen molar-refractivity contribution in [2.75, 3.05) is 26.2 Å². The monoisotopic (exact) mass is 424 g/mol. The third-order valence-corrected chi connectivity index (χ3v) is 6.49. The third-order valence-electron chi connectivity index (χ3n) is 5.56. The number of hydrogen-bond acceptors (Lipinski definition) is 6. The van der Waals surface area contributed by atoms with E-state index in [0.29, 0.717) is 18.7 Å². The van der Waals surface area contributed by atoms with Crippen LogP contribution in [0.25, 0.3) is 11.0 Å². The zero-order chi connectivity index (χ0) is 21.3. The molecule has 6 nitrogen and oxygen atoms in total. The van der Waals surface area contributed by atoms with Gasteiger partial charge in [-0.25, -0.2) is 0 Å². The SMILES string of the molecule is CCN(CC)CCN1C(=O)C(O)=C(C(=O)c2cc3ccccc3o2)C1c1cccs1. The summed E-state index contributed by atoms with van der Waals surface area (Å²) in [6, 6.07) is 12.2. The first kappa shape index (κ1) is 20.4. The first-order valence-corrected chi connectivity index (χ1v) is 11.0. The van der Waals surface area contributed by atoms with E-state index >= 15 is 0 Å². The Morgan fingerprint density at radius 3 is 2.63 bits per heavy atom. The van der Waals surface area contributed by atoms with E-state index in [1.54, 1.807) is 17.0 Å². The van der Waals surface area contributed by atoms with Crippen molar-refractivity contribution < 1.29 is 19.1 Å². The maximum atomic E-state index is 13.4. The third kappa shape index (κ3) is 3.55. The summed E-state index contributed by atoms with van der Waals surface area (Å²) in [5, 5.41) is 13.4. The molecule has 4 rings (SSSR count). The van der Waals surface area contributed by atoms with Gasteiger partial charge in [-0.1, -0.05) is 38.1 Å². The summed E-state index contributed by atoms with van der Waals surface area (Å²) in [5.74, 6) is -1.34. The van der Waals surface area contributed by atoms with Gasteiger partial charge in [0.05, 0.1) is 11.6 Å². The van der Waals surface area contributed by atoms with Gasteiger partial charge in [-0.2, -0.15) is 0 Å². The molecule has 0 bridgehead atoms. The highest BCUT2D eigenvalue weighted by Crippen LogP contribution is 2.41. The molecule has 3 heterocycles. The van der Waals surface area contributed by atoms with Crippen LogP contribution in [0.2, 0.25) is 0 Å². The van der Waals surface area contributed by atoms with Gasteiger partial charge in [0, 0.05) is 23.4 Å². The Balaban J connectivity index is 1.71. The van der Waals surface area contributed by atoms with Crippen LogP contribution in [0.5, 0.6) is 0 Å². The number of fused-ring (bicyclic) bond motifs is 1. The molecular formula is C23H24N2O4S. The molecule has 1 unspecified atom stereocenters. The fraction of sp³-hybridized carbons (Fsp3) is 0.304. The number of aliphatic hydroxyl groups is 1. The molecule has 0 aliphatic carbocycles. The molecule has 0 saturated heterocycles. The van der Waals surface area contributed by atoms with Crippen LogP contribution in [0.1, 0.15) is 35.3 Å². The number of Topliss-reactive ketones (excluding diaryl/α,β-unsaturated/α-hetero) is 1. The van der Waals surface area contributed by atoms with Crippen molar-refractivity contribution in [2.45, 2.75) is 19.9 Å². The Morgan fingerprint density at radius 1 is 1.20 bits per heavy atom. The minimum absolute atomic E-state index is 0.0843. The molecule has 0 radical (unpaired) electrons. The van der Waals surface area contributed by atoms with Gasteiger partial charge in [-0.05, 0) is 36.7 Å². The van der Waals surface area contributed by atoms with Crippen LogP contribution in [-0.2, 0) is 4.79 Å². The molecule has 3 aromatic rings. The lowest BCUT2D eigenvalue weighted by atomic mass is 10.00. The second kappa shape index (κ2) is 8.45. The molecule has 30 heavy (non-hydrogen) atoms. The smallest absolute Gasteiger partial charge is 0.290 e. The lowest BCUT2D eigenvalue weighted by Gasteiger charge is -2.28. The standard InChI is InChI=1S/C23H24N2O4S/c1-3-24(4-2)11-12-25-20(18-10-7-13-30-18)19(22(27)23(25)28)21(26)17-14-15-8-5-6-9-16(15)29-17/h5-10,13-14,20,27H,3-4,11-12H2,1-2H3. The second-order valence-electron chi connectivity index (χ2n) is 7.18. The van der Waals surface area contributed by atoms with Crippen molar-refractivity contribution in [3.63, 3.8) is 0 Å². The lowest BCUT2D eigenvalue weighted by molar-refractivity contribution is -0.129. The molecule has 0 fully saturated rings. The van der Waals surface area contributed by atoms with Crippen molar-refractivity contribution in [1.29, 1.82) is 0 Å². The Kier molecular flexibility index (Phi) is 5.74. The highest BCUT2D eigenvalue weighted by Gasteiger charge is 2.44. The van der Waals surface area contributed by atoms with E-state index < -0.39 is 23.5 Å². The number of thiophene rings is 1. The number of para-hydroxylation sites is 1. The first-order chi connectivity index (χ1) is 14.5. The molecule has 1 aliphatic rings. The van der Waals surface area contributed by atoms with Gasteiger partial charge in [0.1, 0.15) is 5.58 Å². The molecule has 156 valence electrons. The summed E-state index contributed by atoms with van der Waals surface area (Å²) >= 11 is 1.46. The van der Waals surface area contributed by atoms with Gasteiger partial charge in [-0.3, -0.25) is 9.59 Å². The van der Waals surface area contributed by atoms with Crippen LogP contribution >= 0.6 is 11.3 Å². The predicted octanol–water partition coefficient (Wildman–Crippen LogP) is 4.41. The Hall–Kier alpha value is -2.90. The van der Waals surface area contributed by atoms with Gasteiger partial charge in [0.15, 0.2) is 11.5 Å². The molecule has 1 amide bonds. The van der Waals surface area contributed by atoms with Crippen LogP contribution < -0.4 is 0 Å². The van der Waals surface area contributed by atoms with Gasteiger partial charge < -0.3 is 19.3 Å². The number of carbonyl (C=O) groups excluding carboxylic acids is 2. The van der Waals surface area contributed by atoms with Crippen molar-refractivity contribution in [2.24, 2.45) is 0 Å². The van der Waals surface area contributed by atoms with E-state index in [2.05, 4.69) is 18.7 Å². The molecule has 1 N–H and O–H groups in total. The van der Waals surface area contributed by atoms with Crippen LogP contribution in [0.3, 0.4) is 0 Å². The van der Waals surface area contributed by atoms with E-state index in [1.165, 1.54) is 11.3 Å². The number of hydrogen-bond donors (Lipinski definition) is 1. The van der Waals surface area contributed by atoms with Crippen molar-refractivity contribution in [1.82, 2.24) is 9.80 Å². The number of amides is 1. The summed E-state index contributed by atoms with van der Waals surface area (Å²) in [4.78, 5) is 31.0. The number of furan rings is 1. The normalized spacial score (nSPS) is 17.0. The Morgan fingerprint density at radius 2 is 1.97 bits per heavy atom. The van der Waals surface area contributed by atoms with Gasteiger partial charge in [0.2, 0.25) is 5.78 Å². The molecule has 2 aromatic heterocycles. The van der Waals surface area contributed by atoms with E-state index in [-0.39, 0.29) is 11.3 Å². The minimum Gasteiger partial charge on any atom is -0.503 e. The number of aliphatic hydroxyl groups excluding tert-OH is 1. The van der Waals surface area contributed by atoms with Crippen molar-refractivity contribution >= 4 is 34.0 Å². The molecule has 7 heteroatoms. The van der Waals surface area contributed by atoms with E-state index in [0.717, 1.165) is 23.4 Å². The molecule has 1 atom stereocenters. The van der Waals surface area contributed by atoms with Gasteiger partial charge >= 0.3 is 0 Å². The largest absolute Gasteiger partial charge is 0.503 e. The number of nitrogens with zero attached hydrogens (tertiary/aromatic N) is 2. The summed E-state index contributed by atoms with van der Waals surface area (Å²) in [5.41, 5.74) is 0.678. The Labute approximate surface area is 179 Å². The average molecular weight is 425 g/mol. The average Bonchev–Trinajstić information content (AvgIpc) is 3.48. The summed E-state index contributed by atoms with van der Waals surface area (Å²) in [6.07, 6.45) is 0. The highest BCUT2D eigenvalue weighted by molar-refractivity contribution is 7.10. The first-order valence-electron chi connectivity index (χ1n) is 10.1. The zero-order valence-corrected chi connectivity index (χ0v) is 17.8. The zero-order valence-electron chi connectivity index (χ0n) is 17.0. The Bertz CT molecular complexity index is 1060. The van der Waals surface area contributed by atoms with Crippen LogP contribution in [0, 0.1) is 0 Å². The fourth-order valence-electron chi connectivity index (χ4n) is 3.87. The molecular weight excluding hydrogens is 400 g/mol. The maximum Gasteiger partial charge on any atom is 0.290 e. The van der Waals surface area contributed by atoms with Gasteiger partial charge in [-0.15, -0.1) is 11.3 Å². The number of rotatable bonds is 8. The molecule has 0 saturated carbocycles. The summed E-state index contributed by atoms with van der Waals surface area (Å²) in [6.45, 7) is 6.96. The van der Waals surface area contributed by atoms with Crippen molar-refractivity contribution in [3.8, 4) is 0 Å². The van der Waals surface area contributed by atoms with Crippen LogP contribution in [-0.4, -0.2) is 52.8 Å². The summed E-state index contributed by atoms with van der Waals surface area (Å²) < 4.78 is 5.73. The van der Waals surface area contributed by atoms with Crippen LogP contribution in [0.15, 0.2) is 63.6 Å². The molecule has 1 aromatic carbocycles. The van der Waals surface area contributed by atoms with Crippen LogP contribution in [0.4, 0.5) is 0 Å². The van der Waals surface area contributed by atoms with E-state index in [9.17, 15) is 14.7 Å². The topological polar surface area (TPSA) is 74.0 Å². The summed E-state index contributed by atoms with van der Waals surface area (Å²) in [7, 11) is 0. The minimum atomic E-state index is -0.617. The number of benzene rings is 1. The second-order valence-corrected chi connectivity index (χ2v) is 8.16. The lowest BCUT2D eigenvalue weighted by Crippen LogP contribution is -2.38. The predicted molar refractivity (Wildman–Crippen MR) is 117 cm³/mol. The molecule has 0 spiro atoms. The van der Waals surface area contributed by atoms with Crippen molar-refractivity contribution in [3.05, 3.63) is 69.8 Å². The molecule has 1 aliphatic heterocycles. The fourth-order valence-corrected chi connectivity index (χ4v) is 4.72. The number of ketones is 1. The van der Waals surface area contributed by atoms with Gasteiger partial charge in [0.25, 0.3) is 5.91 Å².